The molecule has 18 heavy (non-hydrogen) atoms. The van der Waals surface area contributed by atoms with Gasteiger partial charge in [-0.1, -0.05) is 0 Å². The van der Waals surface area contributed by atoms with Crippen molar-refractivity contribution < 1.29 is 0 Å². The van der Waals surface area contributed by atoms with Crippen LogP contribution in [0.5, 0.6) is 0 Å². The molecule has 0 spiro atoms. The van der Waals surface area contributed by atoms with E-state index in [4.69, 9.17) is 5.73 Å². The lowest BCUT2D eigenvalue weighted by Gasteiger charge is -2.06. The highest BCUT2D eigenvalue weighted by Gasteiger charge is 2.21. The van der Waals surface area contributed by atoms with Gasteiger partial charge in [-0.3, -0.25) is 4.90 Å². The number of fused-ring (bicyclic) bond motifs is 2. The molecule has 0 radical (unpaired) electrons. The number of aryl methyl sites for hydroxylation is 1. The SMILES string of the molecule is Cc1c(C(C)N)c2cc3c(cc2n1C)CN(C)C3. The second-order valence-electron chi connectivity index (χ2n) is 5.66. The van der Waals surface area contributed by atoms with Crippen molar-refractivity contribution in [3.05, 3.63) is 34.5 Å². The summed E-state index contributed by atoms with van der Waals surface area (Å²) in [4.78, 5) is 2.35. The Morgan fingerprint density at radius 2 is 1.78 bits per heavy atom. The summed E-state index contributed by atoms with van der Waals surface area (Å²) in [5.74, 6) is 0. The smallest absolute Gasteiger partial charge is 0.0486 e. The van der Waals surface area contributed by atoms with Gasteiger partial charge in [-0.05, 0) is 49.7 Å². The molecular formula is C15H21N3. The van der Waals surface area contributed by atoms with Crippen LogP contribution in [-0.4, -0.2) is 16.5 Å². The number of aromatic nitrogens is 1. The third-order valence-corrected chi connectivity index (χ3v) is 4.20. The van der Waals surface area contributed by atoms with Gasteiger partial charge in [0.2, 0.25) is 0 Å². The summed E-state index contributed by atoms with van der Waals surface area (Å²) in [6.07, 6.45) is 0. The van der Waals surface area contributed by atoms with Gasteiger partial charge in [-0.15, -0.1) is 0 Å². The number of hydrogen-bond donors (Lipinski definition) is 1. The highest BCUT2D eigenvalue weighted by molar-refractivity contribution is 5.87. The Balaban J connectivity index is 2.32. The summed E-state index contributed by atoms with van der Waals surface area (Å²) in [7, 11) is 4.30. The molecule has 0 saturated carbocycles. The van der Waals surface area contributed by atoms with Crippen LogP contribution in [0, 0.1) is 6.92 Å². The number of rotatable bonds is 1. The maximum atomic E-state index is 6.14. The topological polar surface area (TPSA) is 34.2 Å². The monoisotopic (exact) mass is 243 g/mol. The molecule has 0 saturated heterocycles. The first kappa shape index (κ1) is 11.8. The fourth-order valence-corrected chi connectivity index (χ4v) is 3.23. The van der Waals surface area contributed by atoms with Crippen molar-refractivity contribution in [1.82, 2.24) is 9.47 Å². The van der Waals surface area contributed by atoms with E-state index in [1.165, 1.54) is 33.3 Å². The molecule has 0 bridgehead atoms. The van der Waals surface area contributed by atoms with E-state index in [1.807, 2.05) is 0 Å². The van der Waals surface area contributed by atoms with Gasteiger partial charge in [0.15, 0.2) is 0 Å². The normalized spacial score (nSPS) is 17.4. The number of nitrogens with zero attached hydrogens (tertiary/aromatic N) is 2. The summed E-state index contributed by atoms with van der Waals surface area (Å²) in [6, 6.07) is 4.78. The Kier molecular flexibility index (Phi) is 2.50. The Morgan fingerprint density at radius 1 is 1.17 bits per heavy atom. The van der Waals surface area contributed by atoms with Gasteiger partial charge < -0.3 is 10.3 Å². The fourth-order valence-electron chi connectivity index (χ4n) is 3.23. The second kappa shape index (κ2) is 3.84. The third-order valence-electron chi connectivity index (χ3n) is 4.20. The van der Waals surface area contributed by atoms with Gasteiger partial charge in [0.25, 0.3) is 0 Å². The maximum Gasteiger partial charge on any atom is 0.0486 e. The molecule has 3 nitrogen and oxygen atoms in total. The van der Waals surface area contributed by atoms with Gasteiger partial charge in [-0.25, -0.2) is 0 Å². The molecule has 0 fully saturated rings. The molecular weight excluding hydrogens is 222 g/mol. The molecule has 0 aliphatic carbocycles. The third kappa shape index (κ3) is 1.51. The summed E-state index contributed by atoms with van der Waals surface area (Å²) in [6.45, 7) is 6.34. The average Bonchev–Trinajstić information content (AvgIpc) is 2.75. The fraction of sp³-hybridized carbons (Fsp3) is 0.467. The lowest BCUT2D eigenvalue weighted by Crippen LogP contribution is -2.07. The quantitative estimate of drug-likeness (QED) is 0.835. The molecule has 1 unspecified atom stereocenters. The van der Waals surface area contributed by atoms with Crippen molar-refractivity contribution >= 4 is 10.9 Å². The summed E-state index contributed by atoms with van der Waals surface area (Å²) >= 11 is 0. The van der Waals surface area contributed by atoms with Crippen molar-refractivity contribution in [2.24, 2.45) is 12.8 Å². The Morgan fingerprint density at radius 3 is 2.39 bits per heavy atom. The van der Waals surface area contributed by atoms with Crippen LogP contribution in [0.15, 0.2) is 12.1 Å². The highest BCUT2D eigenvalue weighted by Crippen LogP contribution is 2.33. The minimum absolute atomic E-state index is 0.0888. The Labute approximate surface area is 108 Å². The molecule has 1 aromatic heterocycles. The van der Waals surface area contributed by atoms with Gasteiger partial charge in [0.1, 0.15) is 0 Å². The zero-order valence-corrected chi connectivity index (χ0v) is 11.6. The highest BCUT2D eigenvalue weighted by atomic mass is 15.1. The first-order valence-corrected chi connectivity index (χ1v) is 6.54. The van der Waals surface area contributed by atoms with Crippen LogP contribution in [0.2, 0.25) is 0 Å². The first-order chi connectivity index (χ1) is 8.49. The van der Waals surface area contributed by atoms with Crippen LogP contribution in [0.3, 0.4) is 0 Å². The molecule has 1 aliphatic rings. The van der Waals surface area contributed by atoms with Crippen LogP contribution < -0.4 is 5.73 Å². The largest absolute Gasteiger partial charge is 0.348 e. The van der Waals surface area contributed by atoms with E-state index in [0.29, 0.717) is 0 Å². The second-order valence-corrected chi connectivity index (χ2v) is 5.66. The van der Waals surface area contributed by atoms with Crippen molar-refractivity contribution in [3.8, 4) is 0 Å². The van der Waals surface area contributed by atoms with E-state index in [9.17, 15) is 0 Å². The lowest BCUT2D eigenvalue weighted by atomic mass is 10.0. The minimum atomic E-state index is 0.0888. The standard InChI is InChI=1S/C15H21N3/c1-9(16)15-10(2)18(4)14-6-12-8-17(3)7-11(12)5-13(14)15/h5-6,9H,7-8,16H2,1-4H3. The minimum Gasteiger partial charge on any atom is -0.348 e. The van der Waals surface area contributed by atoms with Gasteiger partial charge >= 0.3 is 0 Å². The summed E-state index contributed by atoms with van der Waals surface area (Å²) in [5.41, 5.74) is 13.0. The molecule has 96 valence electrons. The predicted molar refractivity (Wildman–Crippen MR) is 75.4 cm³/mol. The van der Waals surface area contributed by atoms with Crippen LogP contribution in [0.25, 0.3) is 10.9 Å². The predicted octanol–water partition coefficient (Wildman–Crippen LogP) is 2.45. The molecule has 1 aliphatic heterocycles. The van der Waals surface area contributed by atoms with Crippen molar-refractivity contribution in [3.63, 3.8) is 0 Å². The Bertz CT molecular complexity index is 622. The van der Waals surface area contributed by atoms with E-state index < -0.39 is 0 Å². The van der Waals surface area contributed by atoms with Crippen LogP contribution in [0.4, 0.5) is 0 Å². The molecule has 1 aromatic carbocycles. The van der Waals surface area contributed by atoms with Crippen molar-refractivity contribution in [2.45, 2.75) is 33.0 Å². The van der Waals surface area contributed by atoms with Crippen LogP contribution >= 0.6 is 0 Å². The summed E-state index contributed by atoms with van der Waals surface area (Å²) in [5, 5.41) is 1.33. The van der Waals surface area contributed by atoms with Gasteiger partial charge in [0, 0.05) is 42.8 Å². The van der Waals surface area contributed by atoms with E-state index in [-0.39, 0.29) is 6.04 Å². The molecule has 2 aromatic rings. The van der Waals surface area contributed by atoms with Crippen LogP contribution in [0.1, 0.15) is 35.3 Å². The van der Waals surface area contributed by atoms with E-state index in [2.05, 4.69) is 49.5 Å². The number of benzene rings is 1. The Hall–Kier alpha value is -1.32. The molecule has 3 heteroatoms. The zero-order valence-electron chi connectivity index (χ0n) is 11.6. The maximum absolute atomic E-state index is 6.14. The summed E-state index contributed by atoms with van der Waals surface area (Å²) < 4.78 is 2.27. The van der Waals surface area contributed by atoms with E-state index in [1.54, 1.807) is 0 Å². The average molecular weight is 243 g/mol. The van der Waals surface area contributed by atoms with Gasteiger partial charge in [-0.2, -0.15) is 0 Å². The molecule has 1 atom stereocenters. The number of nitrogens with two attached hydrogens (primary N) is 1. The van der Waals surface area contributed by atoms with E-state index >= 15 is 0 Å². The zero-order chi connectivity index (χ0) is 13.0. The first-order valence-electron chi connectivity index (χ1n) is 6.54. The molecule has 2 N–H and O–H groups in total. The van der Waals surface area contributed by atoms with Crippen molar-refractivity contribution in [2.75, 3.05) is 7.05 Å². The van der Waals surface area contributed by atoms with Crippen molar-refractivity contribution in [1.29, 1.82) is 0 Å². The molecule has 2 heterocycles. The lowest BCUT2D eigenvalue weighted by molar-refractivity contribution is 0.353. The molecule has 0 amide bonds. The van der Waals surface area contributed by atoms with Crippen LogP contribution in [-0.2, 0) is 20.1 Å². The molecule has 3 rings (SSSR count). The van der Waals surface area contributed by atoms with Gasteiger partial charge in [0.05, 0.1) is 0 Å². The number of hydrogen-bond acceptors (Lipinski definition) is 2. The van der Waals surface area contributed by atoms with E-state index in [0.717, 1.165) is 13.1 Å².